The van der Waals surface area contributed by atoms with Crippen LogP contribution in [0.3, 0.4) is 0 Å². The normalized spacial score (nSPS) is 12.3. The van der Waals surface area contributed by atoms with E-state index in [0.717, 1.165) is 5.56 Å². The van der Waals surface area contributed by atoms with Crippen molar-refractivity contribution in [3.8, 4) is 17.0 Å². The number of amides is 1. The molecule has 1 amide bonds. The van der Waals surface area contributed by atoms with E-state index >= 15 is 0 Å². The summed E-state index contributed by atoms with van der Waals surface area (Å²) in [6.07, 6.45) is -5.97. The smallest absolute Gasteiger partial charge is 0.405 e. The number of methoxy groups -OCH3 is 1. The fourth-order valence-corrected chi connectivity index (χ4v) is 2.86. The lowest BCUT2D eigenvalue weighted by Gasteiger charge is -2.16. The summed E-state index contributed by atoms with van der Waals surface area (Å²) < 4.78 is 47.2. The summed E-state index contributed by atoms with van der Waals surface area (Å²) in [4.78, 5) is 29.2. The zero-order chi connectivity index (χ0) is 22.6. The van der Waals surface area contributed by atoms with E-state index in [-0.39, 0.29) is 5.56 Å². The summed E-state index contributed by atoms with van der Waals surface area (Å²) in [5.41, 5.74) is 1.88. The second-order valence-corrected chi connectivity index (χ2v) is 6.68. The SMILES string of the molecule is COc1ccc(-c2cc(C(=O)OC(C)C(=O)NCC(F)(F)F)c3ccccc3n2)cc1. The van der Waals surface area contributed by atoms with Crippen LogP contribution in [0, 0.1) is 0 Å². The van der Waals surface area contributed by atoms with Crippen molar-refractivity contribution in [3.63, 3.8) is 0 Å². The number of halogens is 3. The minimum Gasteiger partial charge on any atom is -0.497 e. The fraction of sp³-hybridized carbons (Fsp3) is 0.227. The molecular formula is C22H19F3N2O4. The largest absolute Gasteiger partial charge is 0.497 e. The van der Waals surface area contributed by atoms with Gasteiger partial charge in [0.2, 0.25) is 0 Å². The Morgan fingerprint density at radius 3 is 2.42 bits per heavy atom. The van der Waals surface area contributed by atoms with Gasteiger partial charge in [-0.1, -0.05) is 18.2 Å². The van der Waals surface area contributed by atoms with Gasteiger partial charge in [-0.2, -0.15) is 13.2 Å². The van der Waals surface area contributed by atoms with Crippen LogP contribution in [-0.2, 0) is 9.53 Å². The first kappa shape index (κ1) is 22.1. The summed E-state index contributed by atoms with van der Waals surface area (Å²) in [5, 5.41) is 2.19. The molecule has 0 aliphatic heterocycles. The van der Waals surface area contributed by atoms with Crippen molar-refractivity contribution >= 4 is 22.8 Å². The van der Waals surface area contributed by atoms with Crippen LogP contribution >= 0.6 is 0 Å². The predicted octanol–water partition coefficient (Wildman–Crippen LogP) is 4.13. The molecule has 0 aliphatic rings. The quantitative estimate of drug-likeness (QED) is 0.593. The van der Waals surface area contributed by atoms with Crippen molar-refractivity contribution in [1.29, 1.82) is 0 Å². The number of rotatable bonds is 6. The third-order valence-corrected chi connectivity index (χ3v) is 4.44. The molecule has 2 aromatic carbocycles. The lowest BCUT2D eigenvalue weighted by atomic mass is 10.0. The second-order valence-electron chi connectivity index (χ2n) is 6.68. The molecule has 3 rings (SSSR count). The first-order valence-corrected chi connectivity index (χ1v) is 9.27. The predicted molar refractivity (Wildman–Crippen MR) is 108 cm³/mol. The molecule has 1 heterocycles. The van der Waals surface area contributed by atoms with Crippen molar-refractivity contribution in [1.82, 2.24) is 10.3 Å². The van der Waals surface area contributed by atoms with E-state index in [1.54, 1.807) is 61.0 Å². The third-order valence-electron chi connectivity index (χ3n) is 4.44. The van der Waals surface area contributed by atoms with E-state index in [1.165, 1.54) is 13.0 Å². The van der Waals surface area contributed by atoms with Gasteiger partial charge < -0.3 is 14.8 Å². The van der Waals surface area contributed by atoms with Crippen LogP contribution in [0.5, 0.6) is 5.75 Å². The second kappa shape index (κ2) is 9.03. The number of nitrogens with one attached hydrogen (secondary N) is 1. The van der Waals surface area contributed by atoms with Gasteiger partial charge in [-0.3, -0.25) is 4.79 Å². The zero-order valence-electron chi connectivity index (χ0n) is 16.7. The molecule has 0 saturated carbocycles. The summed E-state index contributed by atoms with van der Waals surface area (Å²) in [6.45, 7) is -0.301. The van der Waals surface area contributed by atoms with Gasteiger partial charge in [-0.25, -0.2) is 9.78 Å². The van der Waals surface area contributed by atoms with E-state index in [0.29, 0.717) is 22.3 Å². The molecule has 6 nitrogen and oxygen atoms in total. The van der Waals surface area contributed by atoms with Crippen LogP contribution in [0.15, 0.2) is 54.6 Å². The van der Waals surface area contributed by atoms with Gasteiger partial charge in [-0.15, -0.1) is 0 Å². The van der Waals surface area contributed by atoms with Gasteiger partial charge in [0.15, 0.2) is 6.10 Å². The van der Waals surface area contributed by atoms with Gasteiger partial charge in [0.1, 0.15) is 12.3 Å². The number of para-hydroxylation sites is 1. The van der Waals surface area contributed by atoms with Crippen LogP contribution in [0.4, 0.5) is 13.2 Å². The van der Waals surface area contributed by atoms with E-state index in [4.69, 9.17) is 9.47 Å². The van der Waals surface area contributed by atoms with Gasteiger partial charge in [0.05, 0.1) is 23.9 Å². The molecule has 162 valence electrons. The number of nitrogens with zero attached hydrogens (tertiary/aromatic N) is 1. The number of esters is 1. The van der Waals surface area contributed by atoms with Crippen molar-refractivity contribution in [2.45, 2.75) is 19.2 Å². The van der Waals surface area contributed by atoms with Crippen molar-refractivity contribution in [2.75, 3.05) is 13.7 Å². The Hall–Kier alpha value is -3.62. The highest BCUT2D eigenvalue weighted by Crippen LogP contribution is 2.27. The molecule has 1 aromatic heterocycles. The Morgan fingerprint density at radius 2 is 1.77 bits per heavy atom. The number of alkyl halides is 3. The van der Waals surface area contributed by atoms with Crippen molar-refractivity contribution in [3.05, 3.63) is 60.2 Å². The molecule has 9 heteroatoms. The average Bonchev–Trinajstić information content (AvgIpc) is 2.76. The summed E-state index contributed by atoms with van der Waals surface area (Å²) in [6, 6.07) is 15.4. The fourth-order valence-electron chi connectivity index (χ4n) is 2.86. The van der Waals surface area contributed by atoms with Crippen LogP contribution in [0.2, 0.25) is 0 Å². The minimum absolute atomic E-state index is 0.145. The van der Waals surface area contributed by atoms with E-state index < -0.39 is 30.7 Å². The number of hydrogen-bond donors (Lipinski definition) is 1. The Bertz CT molecular complexity index is 1100. The maximum absolute atomic E-state index is 12.8. The number of fused-ring (bicyclic) bond motifs is 1. The average molecular weight is 432 g/mol. The van der Waals surface area contributed by atoms with E-state index in [9.17, 15) is 22.8 Å². The first-order chi connectivity index (χ1) is 14.7. The molecule has 1 unspecified atom stereocenters. The van der Waals surface area contributed by atoms with Crippen LogP contribution in [0.1, 0.15) is 17.3 Å². The molecule has 0 fully saturated rings. The van der Waals surface area contributed by atoms with Gasteiger partial charge in [-0.05, 0) is 43.3 Å². The topological polar surface area (TPSA) is 77.5 Å². The highest BCUT2D eigenvalue weighted by molar-refractivity contribution is 6.05. The summed E-state index contributed by atoms with van der Waals surface area (Å²) in [7, 11) is 1.55. The first-order valence-electron chi connectivity index (χ1n) is 9.27. The molecule has 0 aliphatic carbocycles. The molecule has 0 saturated heterocycles. The summed E-state index contributed by atoms with van der Waals surface area (Å²) in [5.74, 6) is -1.23. The molecular weight excluding hydrogens is 413 g/mol. The number of carbonyl (C=O) groups excluding carboxylic acids is 2. The number of carbonyl (C=O) groups is 2. The third kappa shape index (κ3) is 5.50. The molecule has 31 heavy (non-hydrogen) atoms. The maximum atomic E-state index is 12.8. The maximum Gasteiger partial charge on any atom is 0.405 e. The standard InChI is InChI=1S/C22H19F3N2O4/c1-13(20(28)26-12-22(23,24)25)31-21(29)17-11-19(14-7-9-15(30-2)10-8-14)27-18-6-4-3-5-16(17)18/h3-11,13H,12H2,1-2H3,(H,26,28). The number of aromatic nitrogens is 1. The van der Waals surface area contributed by atoms with Gasteiger partial charge >= 0.3 is 12.1 Å². The Morgan fingerprint density at radius 1 is 1.10 bits per heavy atom. The van der Waals surface area contributed by atoms with Crippen LogP contribution in [-0.4, -0.2) is 42.8 Å². The highest BCUT2D eigenvalue weighted by Gasteiger charge is 2.30. The van der Waals surface area contributed by atoms with Crippen LogP contribution < -0.4 is 10.1 Å². The number of ether oxygens (including phenoxy) is 2. The lowest BCUT2D eigenvalue weighted by Crippen LogP contribution is -2.40. The molecule has 1 atom stereocenters. The number of pyridine rings is 1. The Labute approximate surface area is 176 Å². The Kier molecular flexibility index (Phi) is 6.43. The molecule has 0 bridgehead atoms. The molecule has 1 N–H and O–H groups in total. The van der Waals surface area contributed by atoms with E-state index in [2.05, 4.69) is 4.98 Å². The van der Waals surface area contributed by atoms with Gasteiger partial charge in [0, 0.05) is 10.9 Å². The molecule has 0 radical (unpaired) electrons. The van der Waals surface area contributed by atoms with Crippen molar-refractivity contribution < 1.29 is 32.2 Å². The minimum atomic E-state index is -4.56. The molecule has 3 aromatic rings. The van der Waals surface area contributed by atoms with Crippen LogP contribution in [0.25, 0.3) is 22.2 Å². The van der Waals surface area contributed by atoms with Gasteiger partial charge in [0.25, 0.3) is 5.91 Å². The number of benzene rings is 2. The highest BCUT2D eigenvalue weighted by atomic mass is 19.4. The lowest BCUT2D eigenvalue weighted by molar-refractivity contribution is -0.143. The van der Waals surface area contributed by atoms with E-state index in [1.807, 2.05) is 0 Å². The monoisotopic (exact) mass is 432 g/mol. The zero-order valence-corrected chi connectivity index (χ0v) is 16.7. The molecule has 0 spiro atoms. The Balaban J connectivity index is 1.89. The summed E-state index contributed by atoms with van der Waals surface area (Å²) >= 11 is 0. The number of hydrogen-bond acceptors (Lipinski definition) is 5. The van der Waals surface area contributed by atoms with Crippen molar-refractivity contribution in [2.24, 2.45) is 0 Å².